The van der Waals surface area contributed by atoms with Crippen molar-refractivity contribution in [3.8, 4) is 0 Å². The van der Waals surface area contributed by atoms with Gasteiger partial charge in [-0.3, -0.25) is 43.2 Å². The summed E-state index contributed by atoms with van der Waals surface area (Å²) in [6, 6.07) is 14.2. The molecule has 0 aliphatic rings. The van der Waals surface area contributed by atoms with E-state index in [0.717, 1.165) is 11.3 Å². The summed E-state index contributed by atoms with van der Waals surface area (Å²) in [7, 11) is 2.89. The van der Waals surface area contributed by atoms with Crippen LogP contribution in [0.4, 0.5) is 0 Å². The van der Waals surface area contributed by atoms with E-state index in [1.165, 1.54) is 75.2 Å². The summed E-state index contributed by atoms with van der Waals surface area (Å²) in [5, 5.41) is 8.86. The Kier molecular flexibility index (Phi) is 22.5. The first-order chi connectivity index (χ1) is 27.7. The molecule has 0 atom stereocenters. The van der Waals surface area contributed by atoms with Crippen LogP contribution in [0.15, 0.2) is 111 Å². The van der Waals surface area contributed by atoms with Gasteiger partial charge in [0.05, 0.1) is 23.8 Å². The van der Waals surface area contributed by atoms with Crippen LogP contribution in [0.2, 0.25) is 0 Å². The van der Waals surface area contributed by atoms with Crippen molar-refractivity contribution in [2.45, 2.75) is 40.5 Å². The third-order valence-corrected chi connectivity index (χ3v) is 7.51. The minimum Gasteiger partial charge on any atom is -0.478 e. The Balaban J connectivity index is 0.000000371. The van der Waals surface area contributed by atoms with E-state index >= 15 is 0 Å². The summed E-state index contributed by atoms with van der Waals surface area (Å²) in [6.07, 6.45) is 8.03. The van der Waals surface area contributed by atoms with E-state index in [2.05, 4.69) is 29.8 Å². The Morgan fingerprint density at radius 3 is 1.22 bits per heavy atom. The fourth-order valence-corrected chi connectivity index (χ4v) is 4.27. The zero-order valence-electron chi connectivity index (χ0n) is 33.0. The fourth-order valence-electron chi connectivity index (χ4n) is 4.03. The molecule has 314 valence electrons. The van der Waals surface area contributed by atoms with Gasteiger partial charge >= 0.3 is 5.97 Å². The largest absolute Gasteiger partial charge is 0.478 e. The number of hydrogen-bond donors (Lipinski definition) is 6. The highest BCUT2D eigenvalue weighted by atomic mass is 35.5. The summed E-state index contributed by atoms with van der Waals surface area (Å²) in [4.78, 5) is 114. The normalized spacial score (nSPS) is 9.85. The molecule has 0 unspecified atom stereocenters. The van der Waals surface area contributed by atoms with E-state index in [0.29, 0.717) is 51.6 Å². The minimum absolute atomic E-state index is 0.0752. The molecule has 0 saturated heterocycles. The average molecular weight is 853 g/mol. The van der Waals surface area contributed by atoms with Gasteiger partial charge < -0.3 is 30.0 Å². The number of nitrogens with zero attached hydrogens (tertiary/aromatic N) is 1. The number of ketones is 2. The molecule has 0 radical (unpaired) electrons. The summed E-state index contributed by atoms with van der Waals surface area (Å²) < 4.78 is 0.654. The number of Topliss-reactive ketones (excluding diaryl/α,β-unsaturated/α-hetero) is 2. The molecule has 17 nitrogen and oxygen atoms in total. The molecule has 0 fully saturated rings. The van der Waals surface area contributed by atoms with Crippen molar-refractivity contribution in [1.29, 1.82) is 0 Å². The number of amides is 1. The van der Waals surface area contributed by atoms with Gasteiger partial charge in [0.25, 0.3) is 11.1 Å². The SMILES string of the molecule is CC(C)CC(=O)c1ccc(=O)[nH]c1.CC(C)CC(=O)c1ccc(=S)[nH]c1.CON(C)C(=O)c1ccc(=O)[nH]c1.O=C(Cl)c1ccc(=O)[nH]c1.O=C(O)c1ccc(=O)[nH]c1. The fraction of sp³-hybridized carbons (Fsp3) is 0.250. The van der Waals surface area contributed by atoms with Crippen LogP contribution < -0.4 is 22.2 Å². The first kappa shape index (κ1) is 50.4. The van der Waals surface area contributed by atoms with Crippen molar-refractivity contribution in [3.63, 3.8) is 0 Å². The number of hydrogen-bond acceptors (Lipinski definition) is 11. The quantitative estimate of drug-likeness (QED) is 0.0446. The molecule has 19 heteroatoms. The summed E-state index contributed by atoms with van der Waals surface area (Å²) >= 11 is 9.97. The monoisotopic (exact) mass is 852 g/mol. The van der Waals surface area contributed by atoms with Gasteiger partial charge in [-0.15, -0.1) is 0 Å². The molecular weight excluding hydrogens is 808 g/mol. The lowest BCUT2D eigenvalue weighted by atomic mass is 10.0. The number of nitrogens with one attached hydrogen (secondary N) is 5. The van der Waals surface area contributed by atoms with Crippen molar-refractivity contribution in [2.24, 2.45) is 11.8 Å². The Labute approximate surface area is 347 Å². The van der Waals surface area contributed by atoms with Crippen LogP contribution in [0.25, 0.3) is 0 Å². The lowest BCUT2D eigenvalue weighted by Crippen LogP contribution is -2.26. The average Bonchev–Trinajstić information content (AvgIpc) is 3.19. The number of carboxylic acid groups (broad SMARTS) is 1. The van der Waals surface area contributed by atoms with Gasteiger partial charge in [-0.25, -0.2) is 9.86 Å². The van der Waals surface area contributed by atoms with Crippen molar-refractivity contribution >= 4 is 52.5 Å². The van der Waals surface area contributed by atoms with Crippen molar-refractivity contribution < 1.29 is 33.9 Å². The van der Waals surface area contributed by atoms with Crippen LogP contribution >= 0.6 is 23.8 Å². The van der Waals surface area contributed by atoms with Gasteiger partial charge in [0, 0.05) is 86.3 Å². The Hall–Kier alpha value is -6.63. The maximum atomic E-state index is 11.5. The zero-order chi connectivity index (χ0) is 44.7. The maximum absolute atomic E-state index is 11.5. The van der Waals surface area contributed by atoms with Crippen molar-refractivity contribution in [3.05, 3.63) is 166 Å². The molecule has 0 aliphatic heterocycles. The zero-order valence-corrected chi connectivity index (χ0v) is 34.6. The highest BCUT2D eigenvalue weighted by Crippen LogP contribution is 2.08. The van der Waals surface area contributed by atoms with E-state index < -0.39 is 11.2 Å². The van der Waals surface area contributed by atoms with Gasteiger partial charge in [-0.1, -0.05) is 39.9 Å². The molecule has 0 bridgehead atoms. The third kappa shape index (κ3) is 20.9. The van der Waals surface area contributed by atoms with Crippen LogP contribution in [-0.4, -0.2) is 77.9 Å². The maximum Gasteiger partial charge on any atom is 0.337 e. The molecule has 5 aromatic rings. The van der Waals surface area contributed by atoms with E-state index in [9.17, 15) is 43.2 Å². The summed E-state index contributed by atoms with van der Waals surface area (Å²) in [6.45, 7) is 8.04. The predicted octanol–water partition coefficient (Wildman–Crippen LogP) is 5.41. The highest BCUT2D eigenvalue weighted by molar-refractivity contribution is 7.71. The molecule has 6 N–H and O–H groups in total. The lowest BCUT2D eigenvalue weighted by molar-refractivity contribution is -0.0757. The molecule has 5 aromatic heterocycles. The lowest BCUT2D eigenvalue weighted by Gasteiger charge is -2.12. The molecular formula is C40H45ClN6O11S. The van der Waals surface area contributed by atoms with Crippen molar-refractivity contribution in [2.75, 3.05) is 14.2 Å². The first-order valence-electron chi connectivity index (χ1n) is 17.5. The van der Waals surface area contributed by atoms with Gasteiger partial charge in [-0.05, 0) is 59.8 Å². The second-order valence-corrected chi connectivity index (χ2v) is 13.6. The molecule has 5 heterocycles. The van der Waals surface area contributed by atoms with Gasteiger partial charge in [-0.2, -0.15) is 0 Å². The Morgan fingerprint density at radius 1 is 0.593 bits per heavy atom. The summed E-state index contributed by atoms with van der Waals surface area (Å²) in [5.41, 5.74) is 1.07. The van der Waals surface area contributed by atoms with Crippen LogP contribution in [0.5, 0.6) is 0 Å². The second-order valence-electron chi connectivity index (χ2n) is 12.8. The van der Waals surface area contributed by atoms with Crippen molar-refractivity contribution in [1.82, 2.24) is 30.0 Å². The third-order valence-electron chi connectivity index (χ3n) is 7.03. The Bertz CT molecular complexity index is 2230. The number of aromatic carboxylic acids is 1. The van der Waals surface area contributed by atoms with Gasteiger partial charge in [0.15, 0.2) is 11.6 Å². The minimum atomic E-state index is -1.05. The number of aromatic nitrogens is 5. The van der Waals surface area contributed by atoms with Gasteiger partial charge in [0.1, 0.15) is 4.64 Å². The van der Waals surface area contributed by atoms with Crippen LogP contribution in [0.3, 0.4) is 0 Å². The second kappa shape index (κ2) is 26.3. The van der Waals surface area contributed by atoms with Crippen LogP contribution in [0.1, 0.15) is 92.3 Å². The number of carbonyl (C=O) groups excluding carboxylic acids is 4. The van der Waals surface area contributed by atoms with E-state index in [1.807, 2.05) is 27.7 Å². The highest BCUT2D eigenvalue weighted by Gasteiger charge is 2.11. The molecule has 59 heavy (non-hydrogen) atoms. The molecule has 0 saturated carbocycles. The molecule has 0 aromatic carbocycles. The first-order valence-corrected chi connectivity index (χ1v) is 18.3. The van der Waals surface area contributed by atoms with Crippen LogP contribution in [0, 0.1) is 16.5 Å². The van der Waals surface area contributed by atoms with Crippen LogP contribution in [-0.2, 0) is 4.84 Å². The number of hydroxylamine groups is 2. The number of rotatable bonds is 10. The number of H-pyrrole nitrogens is 5. The predicted molar refractivity (Wildman–Crippen MR) is 224 cm³/mol. The van der Waals surface area contributed by atoms with Gasteiger partial charge in [0.2, 0.25) is 22.2 Å². The number of halogens is 1. The summed E-state index contributed by atoms with van der Waals surface area (Å²) in [5.74, 6) is -0.363. The van der Waals surface area contributed by atoms with E-state index in [-0.39, 0.29) is 45.3 Å². The number of aromatic amines is 5. The smallest absolute Gasteiger partial charge is 0.337 e. The Morgan fingerprint density at radius 2 is 0.932 bits per heavy atom. The molecule has 0 aliphatic carbocycles. The topological polar surface area (TPSA) is 265 Å². The number of pyridine rings is 5. The standard InChI is InChI=1S/C10H13NO2.C10H13NOS.C8H10N2O3.C6H4ClNO2.C6H5NO3/c2*1-7(2)5-9(12)8-3-4-10(13)11-6-8;1-10(13-2)8(12)6-3-4-7(11)9-5-6;7-6(10)4-1-2-5(9)8-3-4;8-5-2-1-4(3-7-5)6(9)10/h2*3-4,6-7H,5H2,1-2H3,(H,11,13);3-5H,1-2H3,(H,9,11);1-3H,(H,8,9);1-3H,(H,7,8)(H,9,10). The number of carbonyl (C=O) groups is 5. The molecule has 0 spiro atoms. The van der Waals surface area contributed by atoms with E-state index in [1.54, 1.807) is 24.4 Å². The molecule has 1 amide bonds. The molecule has 5 rings (SSSR count). The van der Waals surface area contributed by atoms with E-state index in [4.69, 9.17) is 28.9 Å². The number of carboxylic acids is 1.